The molecule has 1 unspecified atom stereocenters. The van der Waals surface area contributed by atoms with Crippen molar-refractivity contribution >= 4 is 7.28 Å². The van der Waals surface area contributed by atoms with Crippen LogP contribution in [0.1, 0.15) is 26.7 Å². The molecular weight excluding hydrogens is 183 g/mol. The van der Waals surface area contributed by atoms with E-state index < -0.39 is 0 Å². The lowest BCUT2D eigenvalue weighted by Crippen LogP contribution is -2.40. The van der Waals surface area contributed by atoms with E-state index in [0.29, 0.717) is 5.94 Å². The van der Waals surface area contributed by atoms with Crippen molar-refractivity contribution in [1.82, 2.24) is 10.2 Å². The van der Waals surface area contributed by atoms with Gasteiger partial charge >= 0.3 is 0 Å². The van der Waals surface area contributed by atoms with Crippen LogP contribution in [0.4, 0.5) is 0 Å². The van der Waals surface area contributed by atoms with Crippen molar-refractivity contribution in [2.75, 3.05) is 6.54 Å². The second-order valence-corrected chi connectivity index (χ2v) is 4.37. The Morgan fingerprint density at radius 2 is 2.20 bits per heavy atom. The van der Waals surface area contributed by atoms with Gasteiger partial charge in [-0.1, -0.05) is 20.0 Å². The van der Waals surface area contributed by atoms with Crippen LogP contribution in [-0.4, -0.2) is 30.7 Å². The van der Waals surface area contributed by atoms with Crippen molar-refractivity contribution in [1.29, 1.82) is 0 Å². The first-order valence-electron chi connectivity index (χ1n) is 5.73. The molecule has 1 fully saturated rings. The van der Waals surface area contributed by atoms with Crippen molar-refractivity contribution in [3.8, 4) is 0 Å². The predicted molar refractivity (Wildman–Crippen MR) is 67.9 cm³/mol. The summed E-state index contributed by atoms with van der Waals surface area (Å²) in [6.07, 6.45) is 2.53. The topological polar surface area (TPSA) is 15.3 Å². The van der Waals surface area contributed by atoms with Gasteiger partial charge in [0.25, 0.3) is 0 Å². The Morgan fingerprint density at radius 3 is 2.73 bits per heavy atom. The van der Waals surface area contributed by atoms with Crippen molar-refractivity contribution < 1.29 is 0 Å². The van der Waals surface area contributed by atoms with Crippen LogP contribution in [0.2, 0.25) is 6.82 Å². The third kappa shape index (κ3) is 3.05. The normalized spacial score (nSPS) is 22.3. The smallest absolute Gasteiger partial charge is 0.137 e. The van der Waals surface area contributed by atoms with Crippen molar-refractivity contribution in [2.45, 2.75) is 45.5 Å². The zero-order valence-electron chi connectivity index (χ0n) is 10.2. The van der Waals surface area contributed by atoms with Gasteiger partial charge in [0.2, 0.25) is 0 Å². The molecular formula is C12H22BN2. The number of nitrogens with one attached hydrogen (secondary N) is 1. The van der Waals surface area contributed by atoms with Gasteiger partial charge in [0.1, 0.15) is 7.28 Å². The summed E-state index contributed by atoms with van der Waals surface area (Å²) in [6.45, 7) is 15.4. The Hall–Kier alpha value is -0.855. The average molecular weight is 205 g/mol. The van der Waals surface area contributed by atoms with Gasteiger partial charge in [-0.2, -0.15) is 0 Å². The first-order chi connectivity index (χ1) is 7.06. The van der Waals surface area contributed by atoms with Gasteiger partial charge in [0, 0.05) is 17.9 Å². The maximum atomic E-state index is 4.19. The number of likely N-dealkylation sites (tertiary alicyclic amines) is 1. The number of hydrogen-bond acceptors (Lipinski definition) is 2. The molecule has 1 N–H and O–H groups in total. The van der Waals surface area contributed by atoms with E-state index in [9.17, 15) is 0 Å². The summed E-state index contributed by atoms with van der Waals surface area (Å²) in [5.41, 5.74) is 2.18. The fourth-order valence-corrected chi connectivity index (χ4v) is 2.20. The summed E-state index contributed by atoms with van der Waals surface area (Å²) in [6, 6.07) is 0.281. The number of nitrogens with zero attached hydrogens (tertiary/aromatic N) is 1. The lowest BCUT2D eigenvalue weighted by Gasteiger charge is -2.32. The molecule has 0 aliphatic carbocycles. The highest BCUT2D eigenvalue weighted by Crippen LogP contribution is 2.22. The van der Waals surface area contributed by atoms with E-state index in [1.807, 2.05) is 6.92 Å². The number of rotatable bonds is 5. The Balaban J connectivity index is 2.55. The summed E-state index contributed by atoms with van der Waals surface area (Å²) in [4.78, 5) is 2.40. The lowest BCUT2D eigenvalue weighted by molar-refractivity contribution is 0.358. The number of allylic oxidation sites excluding steroid dienone is 1. The second-order valence-electron chi connectivity index (χ2n) is 4.37. The standard InChI is InChI=1S/C12H22BN2/c1-9(2)14-10(3)11(4)15-8-6-7-12(15)13-5/h10,12,14H,1,4,6-8H2,2-3,5H3/t10-,12?/m1/s1. The monoisotopic (exact) mass is 205 g/mol. The first kappa shape index (κ1) is 12.2. The molecule has 0 aromatic rings. The summed E-state index contributed by atoms with van der Waals surface area (Å²) in [5, 5.41) is 3.31. The van der Waals surface area contributed by atoms with Crippen LogP contribution in [0.25, 0.3) is 0 Å². The quantitative estimate of drug-likeness (QED) is 0.692. The molecule has 0 amide bonds. The Morgan fingerprint density at radius 1 is 1.53 bits per heavy atom. The molecule has 0 spiro atoms. The number of hydrogen-bond donors (Lipinski definition) is 1. The van der Waals surface area contributed by atoms with Crippen molar-refractivity contribution in [2.24, 2.45) is 0 Å². The highest BCUT2D eigenvalue weighted by atomic mass is 15.2. The minimum atomic E-state index is 0.281. The largest absolute Gasteiger partial charge is 0.381 e. The van der Waals surface area contributed by atoms with E-state index in [2.05, 4.69) is 44.4 Å². The summed E-state index contributed by atoms with van der Waals surface area (Å²) in [5.74, 6) is 0.576. The zero-order valence-corrected chi connectivity index (χ0v) is 10.2. The summed E-state index contributed by atoms with van der Waals surface area (Å²) in [7, 11) is 2.27. The fourth-order valence-electron chi connectivity index (χ4n) is 2.20. The van der Waals surface area contributed by atoms with Gasteiger partial charge < -0.3 is 10.2 Å². The minimum Gasteiger partial charge on any atom is -0.381 e. The third-order valence-electron chi connectivity index (χ3n) is 3.02. The van der Waals surface area contributed by atoms with Crippen molar-refractivity contribution in [3.63, 3.8) is 0 Å². The summed E-state index contributed by atoms with van der Waals surface area (Å²) < 4.78 is 0. The Labute approximate surface area is 94.7 Å². The Bertz CT molecular complexity index is 250. The van der Waals surface area contributed by atoms with Gasteiger partial charge in [-0.05, 0) is 32.6 Å². The molecule has 1 rings (SSSR count). The molecule has 15 heavy (non-hydrogen) atoms. The van der Waals surface area contributed by atoms with E-state index in [4.69, 9.17) is 0 Å². The molecule has 0 aromatic carbocycles. The van der Waals surface area contributed by atoms with Gasteiger partial charge in [-0.3, -0.25) is 0 Å². The average Bonchev–Trinajstić information content (AvgIpc) is 2.62. The van der Waals surface area contributed by atoms with Gasteiger partial charge in [-0.15, -0.1) is 0 Å². The zero-order chi connectivity index (χ0) is 11.4. The predicted octanol–water partition coefficient (Wildman–Crippen LogP) is 2.19. The maximum Gasteiger partial charge on any atom is 0.137 e. The molecule has 1 radical (unpaired) electrons. The highest BCUT2D eigenvalue weighted by Gasteiger charge is 2.26. The van der Waals surface area contributed by atoms with Crippen LogP contribution in [0.3, 0.4) is 0 Å². The Kier molecular flexibility index (Phi) is 4.31. The fraction of sp³-hybridized carbons (Fsp3) is 0.667. The van der Waals surface area contributed by atoms with Gasteiger partial charge in [0.05, 0.1) is 6.04 Å². The van der Waals surface area contributed by atoms with Crippen LogP contribution in [0.15, 0.2) is 24.6 Å². The van der Waals surface area contributed by atoms with E-state index in [-0.39, 0.29) is 6.04 Å². The lowest BCUT2D eigenvalue weighted by atomic mass is 9.71. The maximum absolute atomic E-state index is 4.19. The SMILES string of the molecule is C=C(C)N[C@H](C)C(=C)N1CCCC1[B]C. The van der Waals surface area contributed by atoms with Crippen LogP contribution < -0.4 is 5.32 Å². The molecule has 0 aromatic heterocycles. The van der Waals surface area contributed by atoms with Crippen LogP contribution >= 0.6 is 0 Å². The molecule has 1 aliphatic rings. The van der Waals surface area contributed by atoms with Crippen LogP contribution in [-0.2, 0) is 0 Å². The molecule has 0 saturated carbocycles. The highest BCUT2D eigenvalue weighted by molar-refractivity contribution is 6.35. The van der Waals surface area contributed by atoms with Crippen molar-refractivity contribution in [3.05, 3.63) is 24.6 Å². The van der Waals surface area contributed by atoms with E-state index >= 15 is 0 Å². The second kappa shape index (κ2) is 5.29. The van der Waals surface area contributed by atoms with Crippen LogP contribution in [0, 0.1) is 0 Å². The van der Waals surface area contributed by atoms with Crippen LogP contribution in [0.5, 0.6) is 0 Å². The molecule has 2 nitrogen and oxygen atoms in total. The molecule has 1 aliphatic heterocycles. The van der Waals surface area contributed by atoms with E-state index in [0.717, 1.165) is 12.2 Å². The van der Waals surface area contributed by atoms with E-state index in [1.165, 1.54) is 18.5 Å². The van der Waals surface area contributed by atoms with E-state index in [1.54, 1.807) is 0 Å². The molecule has 0 bridgehead atoms. The molecule has 1 saturated heterocycles. The minimum absolute atomic E-state index is 0.281. The summed E-state index contributed by atoms with van der Waals surface area (Å²) >= 11 is 0. The first-order valence-corrected chi connectivity index (χ1v) is 5.73. The molecule has 3 heteroatoms. The molecule has 2 atom stereocenters. The third-order valence-corrected chi connectivity index (χ3v) is 3.02. The molecule has 1 heterocycles. The van der Waals surface area contributed by atoms with Gasteiger partial charge in [0.15, 0.2) is 0 Å². The molecule has 83 valence electrons. The van der Waals surface area contributed by atoms with Gasteiger partial charge in [-0.25, -0.2) is 0 Å².